The van der Waals surface area contributed by atoms with Crippen molar-refractivity contribution in [2.24, 2.45) is 0 Å². The molecule has 174 valence electrons. The van der Waals surface area contributed by atoms with Gasteiger partial charge in [0.25, 0.3) is 0 Å². The molecule has 0 saturated carbocycles. The number of fused-ring (bicyclic) bond motifs is 1. The predicted octanol–water partition coefficient (Wildman–Crippen LogP) is 4.45. The number of hydrogen-bond acceptors (Lipinski definition) is 4. The summed E-state index contributed by atoms with van der Waals surface area (Å²) < 4.78 is 29.4. The normalized spacial score (nSPS) is 15.2. The largest absolute Gasteiger partial charge is 0.378 e. The summed E-state index contributed by atoms with van der Waals surface area (Å²) in [5.41, 5.74) is 6.62. The van der Waals surface area contributed by atoms with Crippen LogP contribution in [0.3, 0.4) is 0 Å². The lowest BCUT2D eigenvalue weighted by Gasteiger charge is -2.36. The average molecular weight is 464 g/mol. The van der Waals surface area contributed by atoms with Gasteiger partial charge in [-0.05, 0) is 66.3 Å². The van der Waals surface area contributed by atoms with Gasteiger partial charge in [-0.1, -0.05) is 48.5 Å². The molecule has 3 aromatic rings. The molecule has 0 bridgehead atoms. The molecule has 1 heterocycles. The Morgan fingerprint density at radius 1 is 0.970 bits per heavy atom. The van der Waals surface area contributed by atoms with Crippen molar-refractivity contribution in [2.45, 2.75) is 37.8 Å². The van der Waals surface area contributed by atoms with Crippen LogP contribution in [-0.2, 0) is 23.0 Å². The van der Waals surface area contributed by atoms with Crippen molar-refractivity contribution in [3.63, 3.8) is 0 Å². The van der Waals surface area contributed by atoms with Gasteiger partial charge in [-0.3, -0.25) is 4.90 Å². The first-order chi connectivity index (χ1) is 15.7. The molecule has 0 aromatic heterocycles. The van der Waals surface area contributed by atoms with Gasteiger partial charge in [0.05, 0.1) is 4.90 Å². The summed E-state index contributed by atoms with van der Waals surface area (Å²) in [4.78, 5) is 4.81. The molecule has 0 radical (unpaired) electrons. The second-order valence-corrected chi connectivity index (χ2v) is 10.8. The molecule has 1 atom stereocenters. The van der Waals surface area contributed by atoms with E-state index in [0.29, 0.717) is 11.4 Å². The smallest absolute Gasteiger partial charge is 0.240 e. The van der Waals surface area contributed by atoms with Gasteiger partial charge < -0.3 is 4.90 Å². The van der Waals surface area contributed by atoms with E-state index in [-0.39, 0.29) is 6.04 Å². The molecule has 0 fully saturated rings. The van der Waals surface area contributed by atoms with Crippen LogP contribution in [0.2, 0.25) is 0 Å². The molecule has 1 unspecified atom stereocenters. The minimum atomic E-state index is -3.62. The lowest BCUT2D eigenvalue weighted by Crippen LogP contribution is -2.40. The molecular formula is C27H33N3O2S. The quantitative estimate of drug-likeness (QED) is 0.563. The lowest BCUT2D eigenvalue weighted by molar-refractivity contribution is 0.180. The van der Waals surface area contributed by atoms with E-state index in [1.165, 1.54) is 11.1 Å². The summed E-state index contributed by atoms with van der Waals surface area (Å²) in [7, 11) is 0.418. The van der Waals surface area contributed by atoms with Gasteiger partial charge in [-0.25, -0.2) is 13.1 Å². The van der Waals surface area contributed by atoms with Gasteiger partial charge in [0.15, 0.2) is 0 Å². The number of aryl methyl sites for hydroxylation is 2. The highest BCUT2D eigenvalue weighted by Gasteiger charge is 2.27. The van der Waals surface area contributed by atoms with E-state index in [1.54, 1.807) is 6.07 Å². The van der Waals surface area contributed by atoms with Crippen molar-refractivity contribution in [1.29, 1.82) is 0 Å². The van der Waals surface area contributed by atoms with Gasteiger partial charge in [0.2, 0.25) is 10.0 Å². The molecule has 4 rings (SSSR count). The Morgan fingerprint density at radius 2 is 1.67 bits per heavy atom. The first-order valence-electron chi connectivity index (χ1n) is 11.4. The van der Waals surface area contributed by atoms with E-state index in [4.69, 9.17) is 0 Å². The summed E-state index contributed by atoms with van der Waals surface area (Å²) >= 11 is 0. The fourth-order valence-electron chi connectivity index (χ4n) is 4.50. The SMILES string of the molecule is Cc1ccc(C)c(S(=O)(=O)NCC(c2ccc(N(C)C)cc2)N2CCc3ccccc3C2)c1. The highest BCUT2D eigenvalue weighted by molar-refractivity contribution is 7.89. The van der Waals surface area contributed by atoms with Crippen molar-refractivity contribution < 1.29 is 8.42 Å². The first kappa shape index (κ1) is 23.5. The second kappa shape index (κ2) is 9.67. The van der Waals surface area contributed by atoms with Crippen LogP contribution in [0.25, 0.3) is 0 Å². The van der Waals surface area contributed by atoms with Crippen molar-refractivity contribution in [2.75, 3.05) is 32.1 Å². The average Bonchev–Trinajstić information content (AvgIpc) is 2.81. The Morgan fingerprint density at radius 3 is 2.36 bits per heavy atom. The Labute approximate surface area is 198 Å². The third-order valence-electron chi connectivity index (χ3n) is 6.50. The van der Waals surface area contributed by atoms with Crippen LogP contribution in [0.4, 0.5) is 5.69 Å². The molecule has 3 aromatic carbocycles. The molecule has 1 aliphatic rings. The van der Waals surface area contributed by atoms with Gasteiger partial charge in [-0.2, -0.15) is 0 Å². The number of sulfonamides is 1. The fraction of sp³-hybridized carbons (Fsp3) is 0.333. The molecule has 1 N–H and O–H groups in total. The van der Waals surface area contributed by atoms with Gasteiger partial charge in [-0.15, -0.1) is 0 Å². The molecule has 0 spiro atoms. The van der Waals surface area contributed by atoms with E-state index in [9.17, 15) is 8.42 Å². The number of anilines is 1. The minimum Gasteiger partial charge on any atom is -0.378 e. The minimum absolute atomic E-state index is 0.0607. The summed E-state index contributed by atoms with van der Waals surface area (Å²) in [5.74, 6) is 0. The number of rotatable bonds is 7. The van der Waals surface area contributed by atoms with Crippen molar-refractivity contribution in [3.8, 4) is 0 Å². The molecule has 0 saturated heterocycles. The summed E-state index contributed by atoms with van der Waals surface area (Å²) in [6, 6.07) is 22.4. The van der Waals surface area contributed by atoms with E-state index >= 15 is 0 Å². The Kier molecular flexibility index (Phi) is 6.88. The van der Waals surface area contributed by atoms with Gasteiger partial charge in [0, 0.05) is 45.5 Å². The zero-order valence-corrected chi connectivity index (χ0v) is 20.7. The number of benzene rings is 3. The topological polar surface area (TPSA) is 52.7 Å². The maximum atomic E-state index is 13.2. The van der Waals surface area contributed by atoms with E-state index in [1.807, 2.05) is 40.1 Å². The number of nitrogens with one attached hydrogen (secondary N) is 1. The second-order valence-electron chi connectivity index (χ2n) is 9.11. The maximum Gasteiger partial charge on any atom is 0.240 e. The molecule has 33 heavy (non-hydrogen) atoms. The van der Waals surface area contributed by atoms with Crippen molar-refractivity contribution in [3.05, 3.63) is 94.5 Å². The Hall–Kier alpha value is -2.67. The molecule has 1 aliphatic heterocycles. The molecule has 0 aliphatic carbocycles. The maximum absolute atomic E-state index is 13.2. The van der Waals surface area contributed by atoms with Crippen molar-refractivity contribution in [1.82, 2.24) is 9.62 Å². The predicted molar refractivity (Wildman–Crippen MR) is 135 cm³/mol. The van der Waals surface area contributed by atoms with Gasteiger partial charge in [0.1, 0.15) is 0 Å². The standard InChI is InChI=1S/C27H33N3O2S/c1-20-9-10-21(2)27(17-20)33(31,32)28-18-26(23-11-13-25(14-12-23)29(3)4)30-16-15-22-7-5-6-8-24(22)19-30/h5-14,17,26,28H,15-16,18-19H2,1-4H3. The Bertz CT molecular complexity index is 1220. The third kappa shape index (κ3) is 5.29. The lowest BCUT2D eigenvalue weighted by atomic mass is 9.96. The molecule has 0 amide bonds. The van der Waals surface area contributed by atoms with Gasteiger partial charge >= 0.3 is 0 Å². The third-order valence-corrected chi connectivity index (χ3v) is 8.06. The number of hydrogen-bond donors (Lipinski definition) is 1. The summed E-state index contributed by atoms with van der Waals surface area (Å²) in [6.07, 6.45) is 0.964. The summed E-state index contributed by atoms with van der Waals surface area (Å²) in [5, 5.41) is 0. The van der Waals surface area contributed by atoms with E-state index in [2.05, 4.69) is 63.1 Å². The zero-order chi connectivity index (χ0) is 23.6. The van der Waals surface area contributed by atoms with E-state index < -0.39 is 10.0 Å². The van der Waals surface area contributed by atoms with Crippen LogP contribution >= 0.6 is 0 Å². The molecule has 6 heteroatoms. The van der Waals surface area contributed by atoms with Crippen LogP contribution in [0.15, 0.2) is 71.6 Å². The molecular weight excluding hydrogens is 430 g/mol. The first-order valence-corrected chi connectivity index (χ1v) is 12.9. The van der Waals surface area contributed by atoms with Crippen LogP contribution in [-0.4, -0.2) is 40.5 Å². The Balaban J connectivity index is 1.62. The molecule has 5 nitrogen and oxygen atoms in total. The highest BCUT2D eigenvalue weighted by atomic mass is 32.2. The number of nitrogens with zero attached hydrogens (tertiary/aromatic N) is 2. The highest BCUT2D eigenvalue weighted by Crippen LogP contribution is 2.29. The zero-order valence-electron chi connectivity index (χ0n) is 19.9. The van der Waals surface area contributed by atoms with E-state index in [0.717, 1.165) is 41.9 Å². The van der Waals surface area contributed by atoms with Crippen LogP contribution in [0.1, 0.15) is 33.9 Å². The summed E-state index contributed by atoms with van der Waals surface area (Å²) in [6.45, 7) is 5.77. The van der Waals surface area contributed by atoms with Crippen LogP contribution < -0.4 is 9.62 Å². The van der Waals surface area contributed by atoms with Crippen LogP contribution in [0, 0.1) is 13.8 Å². The monoisotopic (exact) mass is 463 g/mol. The fourth-order valence-corrected chi connectivity index (χ4v) is 5.86. The van der Waals surface area contributed by atoms with Crippen LogP contribution in [0.5, 0.6) is 0 Å². The van der Waals surface area contributed by atoms with Crippen molar-refractivity contribution >= 4 is 15.7 Å².